The molecule has 0 atom stereocenters. The van der Waals surface area contributed by atoms with Crippen LogP contribution in [0.25, 0.3) is 6.08 Å². The summed E-state index contributed by atoms with van der Waals surface area (Å²) >= 11 is 1.16. The summed E-state index contributed by atoms with van der Waals surface area (Å²) in [5, 5.41) is 12.8. The van der Waals surface area contributed by atoms with Crippen molar-refractivity contribution in [3.8, 4) is 17.6 Å². The zero-order valence-corrected chi connectivity index (χ0v) is 20.4. The monoisotopic (exact) mass is 490 g/mol. The Hall–Kier alpha value is -3.77. The molecule has 2 aromatic carbocycles. The number of carbonyl (C=O) groups excluding carboxylic acids is 2. The van der Waals surface area contributed by atoms with Crippen LogP contribution in [0.2, 0.25) is 0 Å². The van der Waals surface area contributed by atoms with Crippen LogP contribution >= 0.6 is 11.8 Å². The molecule has 0 saturated heterocycles. The van der Waals surface area contributed by atoms with E-state index in [9.17, 15) is 14.9 Å². The molecule has 0 spiro atoms. The molecule has 2 aromatic rings. The fourth-order valence-corrected chi connectivity index (χ4v) is 4.92. The lowest BCUT2D eigenvalue weighted by Gasteiger charge is -2.22. The smallest absolute Gasteiger partial charge is 0.283 e. The first-order valence-electron chi connectivity index (χ1n) is 11.2. The van der Waals surface area contributed by atoms with Crippen LogP contribution in [-0.4, -0.2) is 42.5 Å². The Morgan fingerprint density at radius 2 is 1.89 bits per heavy atom. The highest BCUT2D eigenvalue weighted by molar-refractivity contribution is 8.14. The highest BCUT2D eigenvalue weighted by Gasteiger charge is 2.36. The predicted molar refractivity (Wildman–Crippen MR) is 136 cm³/mol. The van der Waals surface area contributed by atoms with Gasteiger partial charge in [-0.2, -0.15) is 5.26 Å². The first kappa shape index (κ1) is 24.4. The quantitative estimate of drug-likeness (QED) is 0.585. The van der Waals surface area contributed by atoms with Crippen molar-refractivity contribution < 1.29 is 19.1 Å². The Labute approximate surface area is 208 Å². The van der Waals surface area contributed by atoms with E-state index in [1.165, 1.54) is 4.90 Å². The minimum absolute atomic E-state index is 0.0336. The number of benzene rings is 2. The second-order valence-corrected chi connectivity index (χ2v) is 9.22. The molecule has 1 fully saturated rings. The van der Waals surface area contributed by atoms with Crippen LogP contribution in [0.5, 0.6) is 11.5 Å². The van der Waals surface area contributed by atoms with Crippen LogP contribution in [-0.2, 0) is 9.59 Å². The molecule has 180 valence electrons. The van der Waals surface area contributed by atoms with Gasteiger partial charge in [0, 0.05) is 6.07 Å². The molecule has 2 aliphatic rings. The number of rotatable bonds is 7. The van der Waals surface area contributed by atoms with E-state index in [-0.39, 0.29) is 23.3 Å². The molecule has 1 saturated carbocycles. The second kappa shape index (κ2) is 10.7. The first-order valence-corrected chi connectivity index (χ1v) is 12.2. The van der Waals surface area contributed by atoms with Gasteiger partial charge < -0.3 is 14.8 Å². The average molecular weight is 491 g/mol. The molecule has 2 amide bonds. The van der Waals surface area contributed by atoms with E-state index < -0.39 is 5.54 Å². The van der Waals surface area contributed by atoms with E-state index in [1.54, 1.807) is 44.6 Å². The molecule has 1 heterocycles. The molecule has 0 aromatic heterocycles. The summed E-state index contributed by atoms with van der Waals surface area (Å²) in [5.41, 5.74) is 0.843. The van der Waals surface area contributed by atoms with Gasteiger partial charge in [0.2, 0.25) is 5.91 Å². The summed E-state index contributed by atoms with van der Waals surface area (Å²) in [4.78, 5) is 32.1. The van der Waals surface area contributed by atoms with Crippen LogP contribution in [0, 0.1) is 11.3 Å². The molecule has 0 radical (unpaired) electrons. The fraction of sp³-hybridized carbons (Fsp3) is 0.308. The van der Waals surface area contributed by atoms with Crippen molar-refractivity contribution >= 4 is 40.5 Å². The summed E-state index contributed by atoms with van der Waals surface area (Å²) in [6, 6.07) is 16.7. The molecule has 1 N–H and O–H groups in total. The lowest BCUT2D eigenvalue weighted by molar-refractivity contribution is -0.119. The molecule has 4 rings (SSSR count). The number of ether oxygens (including phenoxy) is 2. The zero-order valence-electron chi connectivity index (χ0n) is 19.6. The van der Waals surface area contributed by atoms with Crippen molar-refractivity contribution in [3.05, 3.63) is 59.8 Å². The molecular formula is C26H26N4O4S. The number of hydrogen-bond donors (Lipinski definition) is 1. The largest absolute Gasteiger partial charge is 0.497 e. The maximum absolute atomic E-state index is 13.4. The van der Waals surface area contributed by atoms with Gasteiger partial charge in [0.15, 0.2) is 5.17 Å². The number of nitrogens with zero attached hydrogens (tertiary/aromatic N) is 3. The number of carbonyl (C=O) groups is 2. The summed E-state index contributed by atoms with van der Waals surface area (Å²) in [6.45, 7) is 0. The van der Waals surface area contributed by atoms with Gasteiger partial charge in [0.25, 0.3) is 5.91 Å². The Kier molecular flexibility index (Phi) is 7.42. The van der Waals surface area contributed by atoms with Crippen LogP contribution in [0.1, 0.15) is 31.2 Å². The highest BCUT2D eigenvalue weighted by Crippen LogP contribution is 2.32. The molecule has 9 heteroatoms. The minimum atomic E-state index is -0.795. The van der Waals surface area contributed by atoms with E-state index in [0.29, 0.717) is 35.2 Å². The number of amides is 2. The fourth-order valence-electron chi connectivity index (χ4n) is 4.10. The van der Waals surface area contributed by atoms with Gasteiger partial charge in [-0.15, -0.1) is 0 Å². The summed E-state index contributed by atoms with van der Waals surface area (Å²) in [7, 11) is 3.15. The maximum atomic E-state index is 13.4. The zero-order chi connectivity index (χ0) is 24.8. The highest BCUT2D eigenvalue weighted by atomic mass is 32.2. The van der Waals surface area contributed by atoms with E-state index in [1.807, 2.05) is 24.3 Å². The minimum Gasteiger partial charge on any atom is -0.497 e. The number of nitrogens with one attached hydrogen (secondary N) is 1. The summed E-state index contributed by atoms with van der Waals surface area (Å²) in [5.74, 6) is 0.785. The second-order valence-electron chi connectivity index (χ2n) is 8.28. The summed E-state index contributed by atoms with van der Waals surface area (Å²) in [6.07, 6.45) is 4.86. The van der Waals surface area contributed by atoms with Gasteiger partial charge in [-0.1, -0.05) is 30.0 Å². The van der Waals surface area contributed by atoms with Crippen LogP contribution in [0.15, 0.2) is 59.2 Å². The Bertz CT molecular complexity index is 1210. The molecule has 8 nitrogen and oxygen atoms in total. The number of nitriles is 1. The molecular weight excluding hydrogens is 464 g/mol. The maximum Gasteiger partial charge on any atom is 0.283 e. The topological polar surface area (TPSA) is 104 Å². The van der Waals surface area contributed by atoms with Crippen molar-refractivity contribution in [1.29, 1.82) is 5.26 Å². The van der Waals surface area contributed by atoms with Gasteiger partial charge in [-0.3, -0.25) is 14.5 Å². The predicted octanol–water partition coefficient (Wildman–Crippen LogP) is 4.13. The van der Waals surface area contributed by atoms with Crippen LogP contribution in [0.3, 0.4) is 0 Å². The lowest BCUT2D eigenvalue weighted by atomic mass is 10.0. The third kappa shape index (κ3) is 5.49. The number of methoxy groups -OCH3 is 2. The Balaban J connectivity index is 1.58. The summed E-state index contributed by atoms with van der Waals surface area (Å²) < 4.78 is 10.5. The molecule has 1 aliphatic carbocycles. The van der Waals surface area contributed by atoms with Crippen molar-refractivity contribution in [1.82, 2.24) is 5.32 Å². The van der Waals surface area contributed by atoms with E-state index in [2.05, 4.69) is 16.4 Å². The van der Waals surface area contributed by atoms with Crippen molar-refractivity contribution in [2.24, 2.45) is 4.99 Å². The number of thioether (sulfide) groups is 1. The first-order chi connectivity index (χ1) is 17.0. The SMILES string of the molecule is COc1ccc(C=C2N=C(SCC(=O)NC3(C#N)CCCC3)N(c3cccc(OC)c3)C2=O)cc1. The third-order valence-electron chi connectivity index (χ3n) is 5.94. The van der Waals surface area contributed by atoms with E-state index in [4.69, 9.17) is 9.47 Å². The van der Waals surface area contributed by atoms with Crippen LogP contribution < -0.4 is 19.7 Å². The Morgan fingerprint density at radius 1 is 1.17 bits per heavy atom. The lowest BCUT2D eigenvalue weighted by Crippen LogP contribution is -2.46. The van der Waals surface area contributed by atoms with Crippen molar-refractivity contribution in [3.63, 3.8) is 0 Å². The number of amidine groups is 1. The standard InChI is InChI=1S/C26H26N4O4S/c1-33-20-10-8-18(9-11-20)14-22-24(32)30(19-6-5-7-21(15-19)34-2)25(28-22)35-16-23(31)29-26(17-27)12-3-4-13-26/h5-11,14-15H,3-4,12-13,16H2,1-2H3,(H,29,31). The van der Waals surface area contributed by atoms with E-state index in [0.717, 1.165) is 30.2 Å². The normalized spacial score (nSPS) is 17.7. The molecule has 0 unspecified atom stereocenters. The molecule has 1 aliphatic heterocycles. The van der Waals surface area contributed by atoms with Gasteiger partial charge >= 0.3 is 0 Å². The number of anilines is 1. The third-order valence-corrected chi connectivity index (χ3v) is 6.88. The van der Waals surface area contributed by atoms with Crippen LogP contribution in [0.4, 0.5) is 5.69 Å². The molecule has 0 bridgehead atoms. The van der Waals surface area contributed by atoms with E-state index >= 15 is 0 Å². The number of aliphatic imine (C=N–C) groups is 1. The molecule has 35 heavy (non-hydrogen) atoms. The van der Waals surface area contributed by atoms with Gasteiger partial charge in [0.1, 0.15) is 22.7 Å². The van der Waals surface area contributed by atoms with Gasteiger partial charge in [-0.05, 0) is 61.6 Å². The van der Waals surface area contributed by atoms with Crippen molar-refractivity contribution in [2.75, 3.05) is 24.9 Å². The van der Waals surface area contributed by atoms with Crippen molar-refractivity contribution in [2.45, 2.75) is 31.2 Å². The Morgan fingerprint density at radius 3 is 2.54 bits per heavy atom. The number of hydrogen-bond acceptors (Lipinski definition) is 7. The van der Waals surface area contributed by atoms with Gasteiger partial charge in [-0.25, -0.2) is 4.99 Å². The average Bonchev–Trinajstić information content (AvgIpc) is 3.48. The van der Waals surface area contributed by atoms with Gasteiger partial charge in [0.05, 0.1) is 31.7 Å².